The zero-order valence-corrected chi connectivity index (χ0v) is 9.92. The molecule has 88 valence electrons. The van der Waals surface area contributed by atoms with Gasteiger partial charge in [-0.25, -0.2) is 8.42 Å². The van der Waals surface area contributed by atoms with E-state index in [0.29, 0.717) is 12.1 Å². The SMILES string of the molecule is CS(=O)(=O)c1cccc(O)c1C1(CN)CC1. The van der Waals surface area contributed by atoms with E-state index in [1.165, 1.54) is 12.1 Å². The minimum Gasteiger partial charge on any atom is -0.508 e. The molecule has 1 aliphatic rings. The van der Waals surface area contributed by atoms with Crippen LogP contribution in [0.2, 0.25) is 0 Å². The third-order valence-electron chi connectivity index (χ3n) is 3.18. The number of phenols is 1. The fraction of sp³-hybridized carbons (Fsp3) is 0.455. The molecular formula is C11H15NO3S. The number of hydrogen-bond donors (Lipinski definition) is 2. The van der Waals surface area contributed by atoms with E-state index in [1.54, 1.807) is 6.07 Å². The summed E-state index contributed by atoms with van der Waals surface area (Å²) in [5, 5.41) is 9.84. The van der Waals surface area contributed by atoms with Crippen LogP contribution in [-0.2, 0) is 15.3 Å². The summed E-state index contributed by atoms with van der Waals surface area (Å²) < 4.78 is 23.3. The van der Waals surface area contributed by atoms with Crippen molar-refractivity contribution < 1.29 is 13.5 Å². The molecule has 0 aromatic heterocycles. The summed E-state index contributed by atoms with van der Waals surface area (Å²) in [6.07, 6.45) is 2.82. The minimum atomic E-state index is -3.32. The van der Waals surface area contributed by atoms with Crippen LogP contribution in [0.5, 0.6) is 5.75 Å². The fourth-order valence-corrected chi connectivity index (χ4v) is 3.09. The monoisotopic (exact) mass is 241 g/mol. The maximum absolute atomic E-state index is 11.6. The average Bonchev–Trinajstić information content (AvgIpc) is 2.96. The van der Waals surface area contributed by atoms with Crippen LogP contribution in [0.4, 0.5) is 0 Å². The van der Waals surface area contributed by atoms with Gasteiger partial charge in [-0.3, -0.25) is 0 Å². The molecule has 0 aliphatic heterocycles. The Bertz CT molecular complexity index is 518. The Labute approximate surface area is 95.0 Å². The van der Waals surface area contributed by atoms with Crippen LogP contribution in [-0.4, -0.2) is 26.3 Å². The van der Waals surface area contributed by atoms with Gasteiger partial charge in [-0.1, -0.05) is 6.07 Å². The Kier molecular flexibility index (Phi) is 2.47. The maximum Gasteiger partial charge on any atom is 0.175 e. The number of sulfone groups is 1. The predicted octanol–water partition coefficient (Wildman–Crippen LogP) is 0.786. The molecule has 2 rings (SSSR count). The first-order valence-corrected chi connectivity index (χ1v) is 7.02. The number of phenolic OH excluding ortho intramolecular Hbond substituents is 1. The van der Waals surface area contributed by atoms with Gasteiger partial charge in [0.25, 0.3) is 0 Å². The van der Waals surface area contributed by atoms with E-state index in [2.05, 4.69) is 0 Å². The molecule has 0 atom stereocenters. The largest absolute Gasteiger partial charge is 0.508 e. The summed E-state index contributed by atoms with van der Waals surface area (Å²) in [6.45, 7) is 0.368. The summed E-state index contributed by atoms with van der Waals surface area (Å²) in [6, 6.07) is 4.58. The van der Waals surface area contributed by atoms with Crippen LogP contribution in [0.25, 0.3) is 0 Å². The minimum absolute atomic E-state index is 0.0332. The molecule has 0 amide bonds. The van der Waals surface area contributed by atoms with Crippen LogP contribution in [0.3, 0.4) is 0 Å². The van der Waals surface area contributed by atoms with Crippen molar-refractivity contribution >= 4 is 9.84 Å². The standard InChI is InChI=1S/C11H15NO3S/c1-16(14,15)9-4-2-3-8(13)10(9)11(7-12)5-6-11/h2-4,13H,5-7,12H2,1H3. The molecule has 16 heavy (non-hydrogen) atoms. The molecule has 0 spiro atoms. The Balaban J connectivity index is 2.68. The van der Waals surface area contributed by atoms with Gasteiger partial charge in [0.1, 0.15) is 5.75 Å². The first-order chi connectivity index (χ1) is 7.41. The summed E-state index contributed by atoms with van der Waals surface area (Å²) in [5.41, 5.74) is 5.85. The molecule has 0 bridgehead atoms. The van der Waals surface area contributed by atoms with Crippen molar-refractivity contribution in [1.29, 1.82) is 0 Å². The molecule has 0 heterocycles. The highest BCUT2D eigenvalue weighted by Gasteiger charge is 2.47. The number of hydrogen-bond acceptors (Lipinski definition) is 4. The maximum atomic E-state index is 11.6. The lowest BCUT2D eigenvalue weighted by atomic mass is 9.95. The fourth-order valence-electron chi connectivity index (χ4n) is 2.07. The average molecular weight is 241 g/mol. The number of benzene rings is 1. The molecule has 1 aromatic carbocycles. The van der Waals surface area contributed by atoms with E-state index in [4.69, 9.17) is 5.73 Å². The van der Waals surface area contributed by atoms with E-state index >= 15 is 0 Å². The van der Waals surface area contributed by atoms with Crippen LogP contribution >= 0.6 is 0 Å². The Morgan fingerprint density at radius 2 is 2.06 bits per heavy atom. The van der Waals surface area contributed by atoms with Crippen molar-refractivity contribution in [3.05, 3.63) is 23.8 Å². The van der Waals surface area contributed by atoms with E-state index in [0.717, 1.165) is 19.1 Å². The number of rotatable bonds is 3. The lowest BCUT2D eigenvalue weighted by Gasteiger charge is -2.18. The highest BCUT2D eigenvalue weighted by Crippen LogP contribution is 2.52. The van der Waals surface area contributed by atoms with Crippen molar-refractivity contribution in [2.24, 2.45) is 5.73 Å². The Morgan fingerprint density at radius 1 is 1.44 bits per heavy atom. The molecule has 4 nitrogen and oxygen atoms in total. The molecule has 1 fully saturated rings. The highest BCUT2D eigenvalue weighted by atomic mass is 32.2. The predicted molar refractivity (Wildman–Crippen MR) is 61.2 cm³/mol. The second-order valence-electron chi connectivity index (χ2n) is 4.41. The van der Waals surface area contributed by atoms with Gasteiger partial charge in [-0.15, -0.1) is 0 Å². The molecule has 0 unspecified atom stereocenters. The van der Waals surface area contributed by atoms with Crippen LogP contribution in [0.1, 0.15) is 18.4 Å². The van der Waals surface area contributed by atoms with Crippen molar-refractivity contribution in [1.82, 2.24) is 0 Å². The van der Waals surface area contributed by atoms with Gasteiger partial charge in [-0.2, -0.15) is 0 Å². The Morgan fingerprint density at radius 3 is 2.50 bits per heavy atom. The van der Waals surface area contributed by atoms with E-state index < -0.39 is 9.84 Å². The lowest BCUT2D eigenvalue weighted by Crippen LogP contribution is -2.22. The summed E-state index contributed by atoms with van der Waals surface area (Å²) in [5.74, 6) is 0.0332. The first kappa shape index (κ1) is 11.4. The van der Waals surface area contributed by atoms with Gasteiger partial charge in [0.15, 0.2) is 9.84 Å². The molecule has 1 aromatic rings. The summed E-state index contributed by atoms with van der Waals surface area (Å²) >= 11 is 0. The van der Waals surface area contributed by atoms with Crippen molar-refractivity contribution in [2.45, 2.75) is 23.2 Å². The second-order valence-corrected chi connectivity index (χ2v) is 6.39. The summed E-state index contributed by atoms with van der Waals surface area (Å²) in [7, 11) is -3.32. The van der Waals surface area contributed by atoms with Crippen molar-refractivity contribution in [3.63, 3.8) is 0 Å². The topological polar surface area (TPSA) is 80.4 Å². The first-order valence-electron chi connectivity index (χ1n) is 5.13. The smallest absolute Gasteiger partial charge is 0.175 e. The van der Waals surface area contributed by atoms with E-state index in [9.17, 15) is 13.5 Å². The quantitative estimate of drug-likeness (QED) is 0.819. The second kappa shape index (κ2) is 3.46. The van der Waals surface area contributed by atoms with E-state index in [-0.39, 0.29) is 16.1 Å². The van der Waals surface area contributed by atoms with Gasteiger partial charge >= 0.3 is 0 Å². The van der Waals surface area contributed by atoms with Crippen LogP contribution < -0.4 is 5.73 Å². The zero-order valence-electron chi connectivity index (χ0n) is 9.10. The molecule has 0 radical (unpaired) electrons. The van der Waals surface area contributed by atoms with Crippen molar-refractivity contribution in [3.8, 4) is 5.75 Å². The molecule has 1 saturated carbocycles. The highest BCUT2D eigenvalue weighted by molar-refractivity contribution is 7.90. The van der Waals surface area contributed by atoms with Crippen LogP contribution in [0.15, 0.2) is 23.1 Å². The molecular weight excluding hydrogens is 226 g/mol. The number of nitrogens with two attached hydrogens (primary N) is 1. The van der Waals surface area contributed by atoms with E-state index in [1.807, 2.05) is 0 Å². The van der Waals surface area contributed by atoms with Gasteiger partial charge < -0.3 is 10.8 Å². The third-order valence-corrected chi connectivity index (χ3v) is 4.32. The van der Waals surface area contributed by atoms with Gasteiger partial charge in [-0.05, 0) is 25.0 Å². The van der Waals surface area contributed by atoms with Gasteiger partial charge in [0.2, 0.25) is 0 Å². The number of aromatic hydroxyl groups is 1. The molecule has 0 saturated heterocycles. The lowest BCUT2D eigenvalue weighted by molar-refractivity contribution is 0.454. The zero-order chi connectivity index (χ0) is 12.0. The molecule has 1 aliphatic carbocycles. The molecule has 3 N–H and O–H groups in total. The normalized spacial score (nSPS) is 18.4. The summed E-state index contributed by atoms with van der Waals surface area (Å²) in [4.78, 5) is 0.204. The van der Waals surface area contributed by atoms with Crippen molar-refractivity contribution in [2.75, 3.05) is 12.8 Å². The van der Waals surface area contributed by atoms with Crippen LogP contribution in [0, 0.1) is 0 Å². The molecule has 5 heteroatoms. The Hall–Kier alpha value is -1.07. The third kappa shape index (κ3) is 1.70. The van der Waals surface area contributed by atoms with Gasteiger partial charge in [0.05, 0.1) is 4.90 Å². The van der Waals surface area contributed by atoms with Gasteiger partial charge in [0, 0.05) is 23.8 Å².